The third kappa shape index (κ3) is 6.01. The molecule has 1 aliphatic heterocycles. The van der Waals surface area contributed by atoms with Gasteiger partial charge < -0.3 is 15.8 Å². The Morgan fingerprint density at radius 2 is 2.11 bits per heavy atom. The minimum Gasteiger partial charge on any atom is -0.438 e. The molecule has 0 saturated carbocycles. The number of carbonyl (C=O) groups is 1. The number of piperidine rings is 1. The van der Waals surface area contributed by atoms with E-state index in [2.05, 4.69) is 32.3 Å². The topological polar surface area (TPSA) is 93.4 Å². The molecule has 0 aliphatic carbocycles. The fourth-order valence-corrected chi connectivity index (χ4v) is 3.31. The number of rotatable bonds is 8. The number of amides is 1. The van der Waals surface area contributed by atoms with Gasteiger partial charge >= 0.3 is 0 Å². The average molecular weight is 369 g/mol. The minimum atomic E-state index is 0.0357. The maximum absolute atomic E-state index is 11.7. The molecule has 1 unspecified atom stereocenters. The van der Waals surface area contributed by atoms with Crippen LogP contribution in [0.1, 0.15) is 31.2 Å². The molecule has 0 bridgehead atoms. The molecule has 0 radical (unpaired) electrons. The molecule has 3 N–H and O–H groups in total. The maximum Gasteiger partial charge on any atom is 0.237 e. The second kappa shape index (κ2) is 9.99. The second-order valence-electron chi connectivity index (χ2n) is 6.75. The van der Waals surface area contributed by atoms with Crippen molar-refractivity contribution in [2.75, 3.05) is 19.6 Å². The molecule has 1 aromatic heterocycles. The number of ether oxygens (including phenoxy) is 1. The van der Waals surface area contributed by atoms with E-state index in [1.807, 2.05) is 12.1 Å². The number of likely N-dealkylation sites (tertiary alicyclic amines) is 1. The van der Waals surface area contributed by atoms with Crippen LogP contribution in [0.15, 0.2) is 42.9 Å². The van der Waals surface area contributed by atoms with Crippen molar-refractivity contribution in [3.05, 3.63) is 48.4 Å². The largest absolute Gasteiger partial charge is 0.438 e. The summed E-state index contributed by atoms with van der Waals surface area (Å²) < 4.78 is 5.69. The van der Waals surface area contributed by atoms with Gasteiger partial charge in [-0.15, -0.1) is 0 Å². The van der Waals surface area contributed by atoms with Crippen molar-refractivity contribution in [3.8, 4) is 11.6 Å². The van der Waals surface area contributed by atoms with Gasteiger partial charge in [-0.2, -0.15) is 0 Å². The third-order valence-electron chi connectivity index (χ3n) is 4.73. The summed E-state index contributed by atoms with van der Waals surface area (Å²) in [6.45, 7) is 2.99. The first-order chi connectivity index (χ1) is 13.2. The zero-order valence-electron chi connectivity index (χ0n) is 15.5. The summed E-state index contributed by atoms with van der Waals surface area (Å²) in [6.07, 6.45) is 8.71. The van der Waals surface area contributed by atoms with Crippen LogP contribution in [0.5, 0.6) is 11.6 Å². The molecule has 1 aromatic carbocycles. The highest BCUT2D eigenvalue weighted by Gasteiger charge is 2.22. The first-order valence-electron chi connectivity index (χ1n) is 9.48. The highest BCUT2D eigenvalue weighted by atomic mass is 16.5. The number of aromatic nitrogens is 2. The van der Waals surface area contributed by atoms with Gasteiger partial charge in [0.2, 0.25) is 11.8 Å². The Labute approximate surface area is 159 Å². The molecule has 7 heteroatoms. The monoisotopic (exact) mass is 369 g/mol. The summed E-state index contributed by atoms with van der Waals surface area (Å²) >= 11 is 0. The van der Waals surface area contributed by atoms with Crippen molar-refractivity contribution in [1.29, 1.82) is 0 Å². The molecule has 2 aromatic rings. The van der Waals surface area contributed by atoms with E-state index in [1.54, 1.807) is 18.6 Å². The number of hydrogen-bond acceptors (Lipinski definition) is 6. The van der Waals surface area contributed by atoms with Crippen molar-refractivity contribution in [2.45, 2.75) is 38.3 Å². The SMILES string of the molecule is NCCC(=O)NCC1CCCCN1Cc1ccc(Oc2cnccn2)cc1. The molecule has 7 nitrogen and oxygen atoms in total. The maximum atomic E-state index is 11.7. The van der Waals surface area contributed by atoms with Crippen LogP contribution in [0.25, 0.3) is 0 Å². The highest BCUT2D eigenvalue weighted by molar-refractivity contribution is 5.76. The lowest BCUT2D eigenvalue weighted by Crippen LogP contribution is -2.46. The molecule has 1 atom stereocenters. The number of hydrogen-bond donors (Lipinski definition) is 2. The summed E-state index contributed by atoms with van der Waals surface area (Å²) in [7, 11) is 0. The van der Waals surface area contributed by atoms with E-state index < -0.39 is 0 Å². The van der Waals surface area contributed by atoms with Crippen molar-refractivity contribution >= 4 is 5.91 Å². The lowest BCUT2D eigenvalue weighted by atomic mass is 10.0. The van der Waals surface area contributed by atoms with Gasteiger partial charge in [0, 0.05) is 44.5 Å². The van der Waals surface area contributed by atoms with Crippen molar-refractivity contribution in [2.24, 2.45) is 5.73 Å². The Morgan fingerprint density at radius 3 is 2.85 bits per heavy atom. The number of benzene rings is 1. The fourth-order valence-electron chi connectivity index (χ4n) is 3.31. The molecule has 1 fully saturated rings. The van der Waals surface area contributed by atoms with E-state index in [1.165, 1.54) is 18.4 Å². The van der Waals surface area contributed by atoms with Crippen LogP contribution in [0.4, 0.5) is 0 Å². The molecule has 2 heterocycles. The van der Waals surface area contributed by atoms with Gasteiger partial charge in [0.05, 0.1) is 6.20 Å². The standard InChI is InChI=1S/C20H27N5O2/c21-9-8-19(26)24-13-17-3-1-2-12-25(17)15-16-4-6-18(7-5-16)27-20-14-22-10-11-23-20/h4-7,10-11,14,17H,1-3,8-9,12-13,15,21H2,(H,24,26). The van der Waals surface area contributed by atoms with E-state index in [4.69, 9.17) is 10.5 Å². The minimum absolute atomic E-state index is 0.0357. The third-order valence-corrected chi connectivity index (χ3v) is 4.73. The summed E-state index contributed by atoms with van der Waals surface area (Å²) in [4.78, 5) is 22.3. The Hall–Kier alpha value is -2.51. The molecule has 0 spiro atoms. The van der Waals surface area contributed by atoms with E-state index in [-0.39, 0.29) is 5.91 Å². The Bertz CT molecular complexity index is 708. The summed E-state index contributed by atoms with van der Waals surface area (Å²) in [5.74, 6) is 1.26. The lowest BCUT2D eigenvalue weighted by Gasteiger charge is -2.36. The summed E-state index contributed by atoms with van der Waals surface area (Å²) in [5.41, 5.74) is 6.66. The number of carbonyl (C=O) groups excluding carboxylic acids is 1. The predicted octanol–water partition coefficient (Wildman–Crippen LogP) is 2.09. The Balaban J connectivity index is 1.55. The van der Waals surface area contributed by atoms with Crippen molar-refractivity contribution in [3.63, 3.8) is 0 Å². The summed E-state index contributed by atoms with van der Waals surface area (Å²) in [6, 6.07) is 8.42. The van der Waals surface area contributed by atoms with Gasteiger partial charge in [-0.25, -0.2) is 4.98 Å². The van der Waals surface area contributed by atoms with E-state index in [9.17, 15) is 4.79 Å². The van der Waals surface area contributed by atoms with Gasteiger partial charge in [0.1, 0.15) is 5.75 Å². The lowest BCUT2D eigenvalue weighted by molar-refractivity contribution is -0.121. The van der Waals surface area contributed by atoms with Gasteiger partial charge in [0.15, 0.2) is 0 Å². The van der Waals surface area contributed by atoms with Crippen LogP contribution < -0.4 is 15.8 Å². The molecule has 1 amide bonds. The molecule has 144 valence electrons. The van der Waals surface area contributed by atoms with Gasteiger partial charge in [-0.05, 0) is 37.1 Å². The molecule has 1 saturated heterocycles. The van der Waals surface area contributed by atoms with Crippen LogP contribution in [0, 0.1) is 0 Å². The quantitative estimate of drug-likeness (QED) is 0.740. The molecular weight excluding hydrogens is 342 g/mol. The first kappa shape index (κ1) is 19.3. The molecule has 1 aliphatic rings. The smallest absolute Gasteiger partial charge is 0.237 e. The van der Waals surface area contributed by atoms with Crippen molar-refractivity contribution in [1.82, 2.24) is 20.2 Å². The van der Waals surface area contributed by atoms with E-state index in [0.717, 1.165) is 25.3 Å². The van der Waals surface area contributed by atoms with Crippen LogP contribution in [0.2, 0.25) is 0 Å². The molecule has 27 heavy (non-hydrogen) atoms. The number of nitrogens with two attached hydrogens (primary N) is 1. The van der Waals surface area contributed by atoms with Crippen LogP contribution in [-0.4, -0.2) is 46.5 Å². The number of nitrogens with one attached hydrogen (secondary N) is 1. The fraction of sp³-hybridized carbons (Fsp3) is 0.450. The first-order valence-corrected chi connectivity index (χ1v) is 9.48. The highest BCUT2D eigenvalue weighted by Crippen LogP contribution is 2.22. The van der Waals surface area contributed by atoms with Crippen LogP contribution in [-0.2, 0) is 11.3 Å². The van der Waals surface area contributed by atoms with Gasteiger partial charge in [0.25, 0.3) is 0 Å². The molecular formula is C20H27N5O2. The second-order valence-corrected chi connectivity index (χ2v) is 6.75. The van der Waals surface area contributed by atoms with E-state index in [0.29, 0.717) is 31.4 Å². The Kier molecular flexibility index (Phi) is 7.12. The normalized spacial score (nSPS) is 17.4. The number of nitrogens with zero attached hydrogens (tertiary/aromatic N) is 3. The van der Waals surface area contributed by atoms with E-state index >= 15 is 0 Å². The van der Waals surface area contributed by atoms with Crippen LogP contribution >= 0.6 is 0 Å². The van der Waals surface area contributed by atoms with Gasteiger partial charge in [-0.3, -0.25) is 14.7 Å². The summed E-state index contributed by atoms with van der Waals surface area (Å²) in [5, 5.41) is 3.01. The molecule has 3 rings (SSSR count). The zero-order chi connectivity index (χ0) is 18.9. The van der Waals surface area contributed by atoms with Crippen molar-refractivity contribution < 1.29 is 9.53 Å². The van der Waals surface area contributed by atoms with Gasteiger partial charge in [-0.1, -0.05) is 18.6 Å². The predicted molar refractivity (Wildman–Crippen MR) is 103 cm³/mol. The Morgan fingerprint density at radius 1 is 1.26 bits per heavy atom. The zero-order valence-corrected chi connectivity index (χ0v) is 15.5. The average Bonchev–Trinajstić information content (AvgIpc) is 2.70. The van der Waals surface area contributed by atoms with Crippen LogP contribution in [0.3, 0.4) is 0 Å².